The van der Waals surface area contributed by atoms with Crippen LogP contribution in [0.5, 0.6) is 0 Å². The molecule has 0 amide bonds. The Kier molecular flexibility index (Phi) is 10.2. The van der Waals surface area contributed by atoms with E-state index in [4.69, 9.17) is 18.3 Å². The third kappa shape index (κ3) is 9.40. The van der Waals surface area contributed by atoms with E-state index in [2.05, 4.69) is 9.97 Å². The molecule has 4 aromatic rings. The summed E-state index contributed by atoms with van der Waals surface area (Å²) in [5.41, 5.74) is 3.41. The SMILES string of the molecule is Fc1ccc(/C=C/c2nc(COCCCCCOCc3coc(CCc4ccc(F)cc4)n3)co2)cc1. The van der Waals surface area contributed by atoms with Gasteiger partial charge >= 0.3 is 0 Å². The number of nitrogens with zero attached hydrogens (tertiary/aromatic N) is 2. The van der Waals surface area contributed by atoms with E-state index in [1.807, 2.05) is 6.08 Å². The monoisotopic (exact) mass is 508 g/mol. The fourth-order valence-corrected chi connectivity index (χ4v) is 3.58. The minimum atomic E-state index is -0.266. The molecule has 0 aliphatic rings. The van der Waals surface area contributed by atoms with E-state index >= 15 is 0 Å². The number of rotatable bonds is 15. The Morgan fingerprint density at radius 3 is 2.00 bits per heavy atom. The molecule has 0 fully saturated rings. The van der Waals surface area contributed by atoms with Crippen LogP contribution in [0.3, 0.4) is 0 Å². The van der Waals surface area contributed by atoms with Crippen LogP contribution in [0, 0.1) is 11.6 Å². The van der Waals surface area contributed by atoms with Crippen LogP contribution in [-0.2, 0) is 35.5 Å². The Morgan fingerprint density at radius 1 is 0.676 bits per heavy atom. The second-order valence-electron chi connectivity index (χ2n) is 8.59. The predicted octanol–water partition coefficient (Wildman–Crippen LogP) is 6.80. The van der Waals surface area contributed by atoms with Crippen LogP contribution in [0.25, 0.3) is 12.2 Å². The van der Waals surface area contributed by atoms with E-state index in [0.29, 0.717) is 44.6 Å². The van der Waals surface area contributed by atoms with E-state index in [0.717, 1.165) is 48.2 Å². The first-order valence-electron chi connectivity index (χ1n) is 12.4. The van der Waals surface area contributed by atoms with Gasteiger partial charge in [-0.25, -0.2) is 18.7 Å². The highest BCUT2D eigenvalue weighted by molar-refractivity contribution is 5.65. The average Bonchev–Trinajstić information content (AvgIpc) is 3.56. The van der Waals surface area contributed by atoms with Crippen LogP contribution in [0.2, 0.25) is 0 Å². The minimum absolute atomic E-state index is 0.234. The molecule has 0 aliphatic carbocycles. The molecule has 0 N–H and O–H groups in total. The van der Waals surface area contributed by atoms with Crippen LogP contribution in [0.1, 0.15) is 53.6 Å². The van der Waals surface area contributed by atoms with Crippen molar-refractivity contribution in [2.45, 2.75) is 45.3 Å². The van der Waals surface area contributed by atoms with Crippen molar-refractivity contribution >= 4 is 12.2 Å². The van der Waals surface area contributed by atoms with Crippen LogP contribution >= 0.6 is 0 Å². The van der Waals surface area contributed by atoms with Gasteiger partial charge in [0.2, 0.25) is 5.89 Å². The first kappa shape index (κ1) is 26.4. The lowest BCUT2D eigenvalue weighted by Gasteiger charge is -2.03. The number of ether oxygens (including phenoxy) is 2. The van der Waals surface area contributed by atoms with E-state index in [-0.39, 0.29) is 11.6 Å². The molecule has 0 saturated carbocycles. The Bertz CT molecular complexity index is 1230. The standard InChI is InChI=1S/C29H30F2N2O4/c30-24-10-4-22(5-11-24)8-14-28-32-26(20-36-28)18-34-16-2-1-3-17-35-19-27-21-37-29(33-27)15-9-23-6-12-25(31)13-7-23/h4-8,10-14,20-21H,1-3,9,15-19H2/b14-8+. The molecule has 194 valence electrons. The number of aryl methyl sites for hydroxylation is 2. The number of halogens is 2. The van der Waals surface area contributed by atoms with E-state index in [9.17, 15) is 8.78 Å². The maximum absolute atomic E-state index is 13.0. The summed E-state index contributed by atoms with van der Waals surface area (Å²) in [5, 5.41) is 0. The van der Waals surface area contributed by atoms with Crippen molar-refractivity contribution in [3.63, 3.8) is 0 Å². The van der Waals surface area contributed by atoms with Gasteiger partial charge in [0.1, 0.15) is 35.5 Å². The summed E-state index contributed by atoms with van der Waals surface area (Å²) in [6.07, 6.45) is 11.0. The normalized spacial score (nSPS) is 11.5. The van der Waals surface area contributed by atoms with Gasteiger partial charge in [0, 0.05) is 25.7 Å². The first-order valence-corrected chi connectivity index (χ1v) is 12.4. The van der Waals surface area contributed by atoms with Gasteiger partial charge in [-0.15, -0.1) is 0 Å². The third-order valence-electron chi connectivity index (χ3n) is 5.58. The van der Waals surface area contributed by atoms with Gasteiger partial charge in [0.05, 0.1) is 13.2 Å². The summed E-state index contributed by atoms with van der Waals surface area (Å²) in [5.74, 6) is 0.634. The van der Waals surface area contributed by atoms with E-state index < -0.39 is 0 Å². The number of hydrogen-bond donors (Lipinski definition) is 0. The number of benzene rings is 2. The van der Waals surface area contributed by atoms with Gasteiger partial charge in [-0.05, 0) is 67.2 Å². The zero-order valence-corrected chi connectivity index (χ0v) is 20.6. The molecule has 2 aromatic carbocycles. The fourth-order valence-electron chi connectivity index (χ4n) is 3.58. The smallest absolute Gasteiger partial charge is 0.218 e. The Labute approximate surface area is 215 Å². The van der Waals surface area contributed by atoms with Gasteiger partial charge in [-0.3, -0.25) is 0 Å². The van der Waals surface area contributed by atoms with Crippen LogP contribution in [-0.4, -0.2) is 23.2 Å². The molecule has 4 rings (SSSR count). The second kappa shape index (κ2) is 14.2. The van der Waals surface area contributed by atoms with Crippen molar-refractivity contribution in [1.29, 1.82) is 0 Å². The summed E-state index contributed by atoms with van der Waals surface area (Å²) < 4.78 is 48.2. The molecular formula is C29H30F2N2O4. The largest absolute Gasteiger partial charge is 0.449 e. The van der Waals surface area contributed by atoms with Gasteiger partial charge in [-0.2, -0.15) is 0 Å². The summed E-state index contributed by atoms with van der Waals surface area (Å²) in [4.78, 5) is 8.81. The van der Waals surface area contributed by atoms with Gasteiger partial charge in [-0.1, -0.05) is 24.3 Å². The van der Waals surface area contributed by atoms with Gasteiger partial charge in [0.15, 0.2) is 5.89 Å². The van der Waals surface area contributed by atoms with Crippen LogP contribution in [0.15, 0.2) is 69.9 Å². The van der Waals surface area contributed by atoms with Crippen molar-refractivity contribution in [2.75, 3.05) is 13.2 Å². The quantitative estimate of drug-likeness (QED) is 0.165. The summed E-state index contributed by atoms with van der Waals surface area (Å²) in [6, 6.07) is 12.7. The number of oxazole rings is 2. The van der Waals surface area contributed by atoms with Crippen LogP contribution in [0.4, 0.5) is 8.78 Å². The lowest BCUT2D eigenvalue weighted by atomic mass is 10.1. The fraction of sp³-hybridized carbons (Fsp3) is 0.310. The molecule has 0 aliphatic heterocycles. The number of hydrogen-bond acceptors (Lipinski definition) is 6. The minimum Gasteiger partial charge on any atom is -0.449 e. The highest BCUT2D eigenvalue weighted by Crippen LogP contribution is 2.12. The Balaban J connectivity index is 1.01. The lowest BCUT2D eigenvalue weighted by molar-refractivity contribution is 0.0992. The molecule has 0 atom stereocenters. The zero-order valence-electron chi connectivity index (χ0n) is 20.6. The maximum Gasteiger partial charge on any atom is 0.218 e. The molecule has 2 heterocycles. The maximum atomic E-state index is 13.0. The van der Waals surface area contributed by atoms with Crippen LogP contribution < -0.4 is 0 Å². The number of aromatic nitrogens is 2. The summed E-state index contributed by atoms with van der Waals surface area (Å²) in [6.45, 7) is 2.08. The van der Waals surface area contributed by atoms with E-state index in [1.54, 1.807) is 42.9 Å². The highest BCUT2D eigenvalue weighted by atomic mass is 19.1. The van der Waals surface area contributed by atoms with Crippen molar-refractivity contribution in [3.05, 3.63) is 107 Å². The van der Waals surface area contributed by atoms with E-state index in [1.165, 1.54) is 24.3 Å². The molecule has 2 aromatic heterocycles. The molecule has 0 spiro atoms. The number of unbranched alkanes of at least 4 members (excludes halogenated alkanes) is 2. The average molecular weight is 509 g/mol. The van der Waals surface area contributed by atoms with Gasteiger partial charge < -0.3 is 18.3 Å². The van der Waals surface area contributed by atoms with Crippen molar-refractivity contribution in [2.24, 2.45) is 0 Å². The molecule has 0 saturated heterocycles. The lowest BCUT2D eigenvalue weighted by Crippen LogP contribution is -1.99. The molecule has 8 heteroatoms. The highest BCUT2D eigenvalue weighted by Gasteiger charge is 2.06. The first-order chi connectivity index (χ1) is 18.1. The van der Waals surface area contributed by atoms with Crippen molar-refractivity contribution in [1.82, 2.24) is 9.97 Å². The second-order valence-corrected chi connectivity index (χ2v) is 8.59. The Morgan fingerprint density at radius 2 is 1.30 bits per heavy atom. The van der Waals surface area contributed by atoms with Gasteiger partial charge in [0.25, 0.3) is 0 Å². The van der Waals surface area contributed by atoms with Crippen molar-refractivity contribution < 1.29 is 27.1 Å². The summed E-state index contributed by atoms with van der Waals surface area (Å²) in [7, 11) is 0. The zero-order chi connectivity index (χ0) is 25.7. The summed E-state index contributed by atoms with van der Waals surface area (Å²) >= 11 is 0. The topological polar surface area (TPSA) is 70.5 Å². The molecular weight excluding hydrogens is 478 g/mol. The Hall–Kier alpha value is -3.62. The third-order valence-corrected chi connectivity index (χ3v) is 5.58. The van der Waals surface area contributed by atoms with Crippen molar-refractivity contribution in [3.8, 4) is 0 Å². The molecule has 37 heavy (non-hydrogen) atoms. The molecule has 0 unspecified atom stereocenters. The molecule has 0 bridgehead atoms. The molecule has 0 radical (unpaired) electrons. The molecule has 6 nitrogen and oxygen atoms in total. The predicted molar refractivity (Wildman–Crippen MR) is 135 cm³/mol.